The highest BCUT2D eigenvalue weighted by molar-refractivity contribution is 5.91. The quantitative estimate of drug-likeness (QED) is 0.444. The van der Waals surface area contributed by atoms with E-state index in [9.17, 15) is 4.79 Å². The first-order chi connectivity index (χ1) is 16.0. The largest absolute Gasteiger partial charge is 0.309 e. The maximum atomic E-state index is 13.1. The van der Waals surface area contributed by atoms with Crippen molar-refractivity contribution in [3.63, 3.8) is 0 Å². The topological polar surface area (TPSA) is 75.9 Å². The molecule has 1 amide bonds. The molecular weight excluding hydrogens is 412 g/mol. The van der Waals surface area contributed by atoms with Crippen LogP contribution in [-0.4, -0.2) is 37.1 Å². The molecule has 7 heteroatoms. The second kappa shape index (κ2) is 10.2. The zero-order valence-electron chi connectivity index (χ0n) is 19.2. The molecule has 168 valence electrons. The molecule has 4 rings (SSSR count). The second-order valence-electron chi connectivity index (χ2n) is 8.20. The molecule has 2 aromatic carbocycles. The van der Waals surface area contributed by atoms with E-state index in [1.54, 1.807) is 4.68 Å². The van der Waals surface area contributed by atoms with Gasteiger partial charge in [0.1, 0.15) is 5.82 Å². The molecule has 0 atom stereocenters. The van der Waals surface area contributed by atoms with Crippen molar-refractivity contribution >= 4 is 11.7 Å². The fraction of sp³-hybridized carbons (Fsp3) is 0.231. The van der Waals surface area contributed by atoms with Crippen molar-refractivity contribution in [3.05, 3.63) is 101 Å². The summed E-state index contributed by atoms with van der Waals surface area (Å²) in [6.07, 6.45) is 0. The van der Waals surface area contributed by atoms with Crippen LogP contribution >= 0.6 is 0 Å². The van der Waals surface area contributed by atoms with Gasteiger partial charge in [-0.15, -0.1) is 0 Å². The van der Waals surface area contributed by atoms with Crippen molar-refractivity contribution < 1.29 is 4.79 Å². The van der Waals surface area contributed by atoms with Crippen molar-refractivity contribution in [1.29, 1.82) is 0 Å². The SMILES string of the molecule is Cc1cc(C)nc(-n2nc(C)cc2NC(=O)CN(Cc2ccccc2)Cc2ccccc2)n1. The van der Waals surface area contributed by atoms with Crippen LogP contribution in [0.1, 0.15) is 28.2 Å². The fourth-order valence-corrected chi connectivity index (χ4v) is 3.78. The molecule has 7 nitrogen and oxygen atoms in total. The lowest BCUT2D eigenvalue weighted by molar-refractivity contribution is -0.117. The molecule has 4 aromatic rings. The van der Waals surface area contributed by atoms with Gasteiger partial charge in [0.25, 0.3) is 5.95 Å². The van der Waals surface area contributed by atoms with Gasteiger partial charge in [0.2, 0.25) is 5.91 Å². The molecule has 0 unspecified atom stereocenters. The van der Waals surface area contributed by atoms with Gasteiger partial charge >= 0.3 is 0 Å². The van der Waals surface area contributed by atoms with E-state index in [2.05, 4.69) is 49.5 Å². The monoisotopic (exact) mass is 440 g/mol. The third-order valence-electron chi connectivity index (χ3n) is 5.12. The molecule has 33 heavy (non-hydrogen) atoms. The summed E-state index contributed by atoms with van der Waals surface area (Å²) in [5.41, 5.74) is 4.79. The lowest BCUT2D eigenvalue weighted by atomic mass is 10.1. The number of aromatic nitrogens is 4. The first-order valence-corrected chi connectivity index (χ1v) is 11.0. The van der Waals surface area contributed by atoms with Gasteiger partial charge in [-0.1, -0.05) is 60.7 Å². The zero-order valence-corrected chi connectivity index (χ0v) is 19.2. The zero-order chi connectivity index (χ0) is 23.2. The number of benzene rings is 2. The molecule has 0 aliphatic rings. The Hall–Kier alpha value is -3.84. The van der Waals surface area contributed by atoms with E-state index in [0.717, 1.165) is 28.2 Å². The number of anilines is 1. The van der Waals surface area contributed by atoms with Crippen LogP contribution in [0, 0.1) is 20.8 Å². The van der Waals surface area contributed by atoms with Crippen LogP contribution < -0.4 is 5.32 Å². The van der Waals surface area contributed by atoms with Crippen molar-refractivity contribution in [1.82, 2.24) is 24.6 Å². The van der Waals surface area contributed by atoms with E-state index in [-0.39, 0.29) is 12.5 Å². The van der Waals surface area contributed by atoms with E-state index in [1.165, 1.54) is 0 Å². The van der Waals surface area contributed by atoms with Gasteiger partial charge in [-0.05, 0) is 38.0 Å². The summed E-state index contributed by atoms with van der Waals surface area (Å²) in [6, 6.07) is 24.1. The van der Waals surface area contributed by atoms with Crippen LogP contribution in [0.4, 0.5) is 5.82 Å². The number of aryl methyl sites for hydroxylation is 3. The molecule has 0 aliphatic heterocycles. The molecule has 0 spiro atoms. The Kier molecular flexibility index (Phi) is 6.90. The summed E-state index contributed by atoms with van der Waals surface area (Å²) in [6.45, 7) is 7.28. The van der Waals surface area contributed by atoms with Gasteiger partial charge in [-0.2, -0.15) is 9.78 Å². The number of carbonyl (C=O) groups is 1. The predicted molar refractivity (Wildman–Crippen MR) is 129 cm³/mol. The normalized spacial score (nSPS) is 11.0. The Labute approximate surface area is 194 Å². The minimum Gasteiger partial charge on any atom is -0.309 e. The lowest BCUT2D eigenvalue weighted by Crippen LogP contribution is -2.33. The Morgan fingerprint density at radius 3 is 1.91 bits per heavy atom. The Morgan fingerprint density at radius 1 is 0.818 bits per heavy atom. The van der Waals surface area contributed by atoms with E-state index in [1.807, 2.05) is 69.3 Å². The Bertz CT molecular complexity index is 1160. The molecule has 0 saturated heterocycles. The number of nitrogens with zero attached hydrogens (tertiary/aromatic N) is 5. The molecular formula is C26H28N6O. The molecule has 0 radical (unpaired) electrons. The summed E-state index contributed by atoms with van der Waals surface area (Å²) in [5, 5.41) is 7.50. The van der Waals surface area contributed by atoms with Gasteiger partial charge in [-0.3, -0.25) is 9.69 Å². The minimum atomic E-state index is -0.118. The maximum absolute atomic E-state index is 13.1. The predicted octanol–water partition coefficient (Wildman–Crippen LogP) is 4.23. The van der Waals surface area contributed by atoms with Gasteiger partial charge < -0.3 is 5.32 Å². The first-order valence-electron chi connectivity index (χ1n) is 11.0. The average Bonchev–Trinajstić information content (AvgIpc) is 3.14. The second-order valence-corrected chi connectivity index (χ2v) is 8.20. The highest BCUT2D eigenvalue weighted by Crippen LogP contribution is 2.16. The molecule has 0 aliphatic carbocycles. The molecule has 0 fully saturated rings. The van der Waals surface area contributed by atoms with Crippen LogP contribution in [0.2, 0.25) is 0 Å². The van der Waals surface area contributed by atoms with Crippen LogP contribution in [0.3, 0.4) is 0 Å². The number of hydrogen-bond donors (Lipinski definition) is 1. The van der Waals surface area contributed by atoms with Crippen LogP contribution in [0.25, 0.3) is 5.95 Å². The Morgan fingerprint density at radius 2 is 1.36 bits per heavy atom. The highest BCUT2D eigenvalue weighted by atomic mass is 16.2. The van der Waals surface area contributed by atoms with Crippen molar-refractivity contribution in [2.75, 3.05) is 11.9 Å². The first kappa shape index (κ1) is 22.4. The standard InChI is InChI=1S/C26H28N6O/c1-19-14-20(2)28-26(27-19)32-24(15-21(3)30-32)29-25(33)18-31(16-22-10-6-4-7-11-22)17-23-12-8-5-9-13-23/h4-15H,16-18H2,1-3H3,(H,29,33). The van der Waals surface area contributed by atoms with Gasteiger partial charge in [0, 0.05) is 30.5 Å². The highest BCUT2D eigenvalue weighted by Gasteiger charge is 2.17. The van der Waals surface area contributed by atoms with Crippen LogP contribution in [0.5, 0.6) is 0 Å². The fourth-order valence-electron chi connectivity index (χ4n) is 3.78. The van der Waals surface area contributed by atoms with Gasteiger partial charge in [0.05, 0.1) is 12.2 Å². The number of carbonyl (C=O) groups excluding carboxylic acids is 1. The third kappa shape index (κ3) is 6.11. The lowest BCUT2D eigenvalue weighted by Gasteiger charge is -2.22. The summed E-state index contributed by atoms with van der Waals surface area (Å²) >= 11 is 0. The van der Waals surface area contributed by atoms with Crippen LogP contribution in [0.15, 0.2) is 72.8 Å². The summed E-state index contributed by atoms with van der Waals surface area (Å²) in [4.78, 5) is 24.2. The van der Waals surface area contributed by atoms with Gasteiger partial charge in [-0.25, -0.2) is 9.97 Å². The molecule has 0 saturated carbocycles. The van der Waals surface area contributed by atoms with Crippen molar-refractivity contribution in [3.8, 4) is 5.95 Å². The molecule has 1 N–H and O–H groups in total. The maximum Gasteiger partial charge on any atom is 0.252 e. The summed E-state index contributed by atoms with van der Waals surface area (Å²) in [5.74, 6) is 0.885. The number of nitrogens with one attached hydrogen (secondary N) is 1. The van der Waals surface area contributed by atoms with Gasteiger partial charge in [0.15, 0.2) is 0 Å². The van der Waals surface area contributed by atoms with Crippen molar-refractivity contribution in [2.24, 2.45) is 0 Å². The van der Waals surface area contributed by atoms with E-state index >= 15 is 0 Å². The number of hydrogen-bond acceptors (Lipinski definition) is 5. The van der Waals surface area contributed by atoms with Crippen molar-refractivity contribution in [2.45, 2.75) is 33.9 Å². The molecule has 2 heterocycles. The third-order valence-corrected chi connectivity index (χ3v) is 5.12. The summed E-state index contributed by atoms with van der Waals surface area (Å²) in [7, 11) is 0. The summed E-state index contributed by atoms with van der Waals surface area (Å²) < 4.78 is 1.59. The molecule has 2 aromatic heterocycles. The number of amides is 1. The number of rotatable bonds is 8. The minimum absolute atomic E-state index is 0.118. The average molecular weight is 441 g/mol. The smallest absolute Gasteiger partial charge is 0.252 e. The van der Waals surface area contributed by atoms with E-state index in [0.29, 0.717) is 24.9 Å². The molecule has 0 bridgehead atoms. The van der Waals surface area contributed by atoms with E-state index in [4.69, 9.17) is 0 Å². The Balaban J connectivity index is 1.53. The van der Waals surface area contributed by atoms with E-state index < -0.39 is 0 Å². The van der Waals surface area contributed by atoms with Crippen LogP contribution in [-0.2, 0) is 17.9 Å².